The molecule has 3 heterocycles. The zero-order chi connectivity index (χ0) is 31.6. The van der Waals surface area contributed by atoms with Gasteiger partial charge < -0.3 is 8.98 Å². The zero-order valence-electron chi connectivity index (χ0n) is 25.7. The van der Waals surface area contributed by atoms with E-state index in [1.54, 1.807) is 0 Å². The average Bonchev–Trinajstić information content (AvgIpc) is 3.71. The number of furan rings is 1. The molecule has 0 saturated heterocycles. The molecule has 0 unspecified atom stereocenters. The van der Waals surface area contributed by atoms with Crippen LogP contribution in [0.1, 0.15) is 0 Å². The molecule has 0 N–H and O–H groups in total. The maximum atomic E-state index is 6.58. The Hall–Kier alpha value is -6.59. The highest BCUT2D eigenvalue weighted by molar-refractivity contribution is 6.29. The molecule has 0 aliphatic heterocycles. The van der Waals surface area contributed by atoms with Gasteiger partial charge >= 0.3 is 0 Å². The van der Waals surface area contributed by atoms with Crippen LogP contribution in [0.5, 0.6) is 0 Å². The van der Waals surface area contributed by atoms with Crippen LogP contribution in [0, 0.1) is 0 Å². The summed E-state index contributed by atoms with van der Waals surface area (Å²) in [5, 5.41) is 6.89. The van der Waals surface area contributed by atoms with E-state index >= 15 is 0 Å². The number of hydrogen-bond acceptors (Lipinski definition) is 4. The summed E-state index contributed by atoms with van der Waals surface area (Å²) in [7, 11) is 0. The van der Waals surface area contributed by atoms with Crippen molar-refractivity contribution >= 4 is 54.5 Å². The Kier molecular flexibility index (Phi) is 5.81. The number of para-hydroxylation sites is 2. The number of fused-ring (bicyclic) bond motifs is 9. The van der Waals surface area contributed by atoms with E-state index in [1.165, 1.54) is 10.8 Å². The van der Waals surface area contributed by atoms with Gasteiger partial charge in [0.25, 0.3) is 0 Å². The first kappa shape index (κ1) is 26.6. The molecular formula is C43H26N4O. The lowest BCUT2D eigenvalue weighted by Gasteiger charge is -2.12. The van der Waals surface area contributed by atoms with Gasteiger partial charge in [0.15, 0.2) is 17.5 Å². The Morgan fingerprint density at radius 1 is 0.417 bits per heavy atom. The molecule has 0 radical (unpaired) electrons. The van der Waals surface area contributed by atoms with E-state index in [4.69, 9.17) is 19.4 Å². The third-order valence-electron chi connectivity index (χ3n) is 9.22. The van der Waals surface area contributed by atoms with Gasteiger partial charge in [0, 0.05) is 49.3 Å². The Balaban J connectivity index is 1.22. The lowest BCUT2D eigenvalue weighted by molar-refractivity contribution is 0.673. The maximum absolute atomic E-state index is 6.58. The molecule has 0 amide bonds. The van der Waals surface area contributed by atoms with E-state index in [1.807, 2.05) is 72.8 Å². The first-order chi connectivity index (χ1) is 23.8. The molecule has 0 aliphatic carbocycles. The van der Waals surface area contributed by atoms with Crippen LogP contribution >= 0.6 is 0 Å². The molecule has 224 valence electrons. The summed E-state index contributed by atoms with van der Waals surface area (Å²) in [6.07, 6.45) is 0. The first-order valence-corrected chi connectivity index (χ1v) is 16.0. The maximum Gasteiger partial charge on any atom is 0.164 e. The SMILES string of the molecule is c1ccc(-c2nc(-c3ccccc3)nc(-c3cccc(-n4c5ccccc5c5c6c(ccc7c8ccccc8oc76)ccc54)c3)n2)cc1. The summed E-state index contributed by atoms with van der Waals surface area (Å²) in [6.45, 7) is 0. The molecular weight excluding hydrogens is 589 g/mol. The topological polar surface area (TPSA) is 56.7 Å². The van der Waals surface area contributed by atoms with E-state index < -0.39 is 0 Å². The molecule has 3 aromatic heterocycles. The highest BCUT2D eigenvalue weighted by atomic mass is 16.3. The van der Waals surface area contributed by atoms with Gasteiger partial charge in [-0.3, -0.25) is 0 Å². The smallest absolute Gasteiger partial charge is 0.164 e. The fourth-order valence-corrected chi connectivity index (χ4v) is 7.05. The summed E-state index contributed by atoms with van der Waals surface area (Å²) < 4.78 is 8.92. The van der Waals surface area contributed by atoms with E-state index in [2.05, 4.69) is 89.5 Å². The van der Waals surface area contributed by atoms with Crippen molar-refractivity contribution in [3.05, 3.63) is 158 Å². The molecule has 48 heavy (non-hydrogen) atoms. The van der Waals surface area contributed by atoms with Gasteiger partial charge in [0.2, 0.25) is 0 Å². The van der Waals surface area contributed by atoms with Gasteiger partial charge in [0.1, 0.15) is 11.2 Å². The van der Waals surface area contributed by atoms with Crippen molar-refractivity contribution in [2.75, 3.05) is 0 Å². The zero-order valence-corrected chi connectivity index (χ0v) is 25.7. The molecule has 5 nitrogen and oxygen atoms in total. The molecule has 0 bridgehead atoms. The van der Waals surface area contributed by atoms with E-state index in [9.17, 15) is 0 Å². The summed E-state index contributed by atoms with van der Waals surface area (Å²) in [5.41, 5.74) is 7.88. The highest BCUT2D eigenvalue weighted by Gasteiger charge is 2.20. The molecule has 7 aromatic carbocycles. The second kappa shape index (κ2) is 10.5. The first-order valence-electron chi connectivity index (χ1n) is 16.0. The number of rotatable bonds is 4. The molecule has 0 aliphatic rings. The lowest BCUT2D eigenvalue weighted by Crippen LogP contribution is -2.01. The van der Waals surface area contributed by atoms with Crippen LogP contribution in [0.2, 0.25) is 0 Å². The second-order valence-corrected chi connectivity index (χ2v) is 12.0. The number of nitrogens with zero attached hydrogens (tertiary/aromatic N) is 4. The van der Waals surface area contributed by atoms with Crippen LogP contribution in [-0.4, -0.2) is 19.5 Å². The van der Waals surface area contributed by atoms with Crippen LogP contribution in [-0.2, 0) is 0 Å². The fourth-order valence-electron chi connectivity index (χ4n) is 7.05. The van der Waals surface area contributed by atoms with Gasteiger partial charge in [-0.15, -0.1) is 0 Å². The van der Waals surface area contributed by atoms with Crippen LogP contribution < -0.4 is 0 Å². The molecule has 10 rings (SSSR count). The minimum absolute atomic E-state index is 0.625. The van der Waals surface area contributed by atoms with E-state index in [0.29, 0.717) is 17.5 Å². The standard InChI is InChI=1S/C43H26N4O/c1-3-12-28(13-4-1)41-44-42(29-14-5-2-6-15-29)46-43(45-41)30-16-11-17-31(26-30)47-35-20-9-7-19-34(35)39-36(47)25-23-27-22-24-33-32-18-8-10-21-37(32)48-40(33)38(27)39/h1-26H. The Morgan fingerprint density at radius 3 is 1.77 bits per heavy atom. The van der Waals surface area contributed by atoms with Crippen molar-refractivity contribution in [3.8, 4) is 39.9 Å². The van der Waals surface area contributed by atoms with Crippen LogP contribution in [0.15, 0.2) is 162 Å². The molecule has 0 saturated carbocycles. The minimum atomic E-state index is 0.625. The van der Waals surface area contributed by atoms with Crippen LogP contribution in [0.3, 0.4) is 0 Å². The second-order valence-electron chi connectivity index (χ2n) is 12.0. The van der Waals surface area contributed by atoms with Crippen molar-refractivity contribution in [2.24, 2.45) is 0 Å². The van der Waals surface area contributed by atoms with Crippen LogP contribution in [0.4, 0.5) is 0 Å². The Morgan fingerprint density at radius 2 is 1.02 bits per heavy atom. The Bertz CT molecular complexity index is 2780. The van der Waals surface area contributed by atoms with Gasteiger partial charge in [-0.1, -0.05) is 121 Å². The van der Waals surface area contributed by atoms with Gasteiger partial charge in [-0.25, -0.2) is 15.0 Å². The normalized spacial score (nSPS) is 11.8. The lowest BCUT2D eigenvalue weighted by atomic mass is 10.0. The average molecular weight is 615 g/mol. The molecule has 0 atom stereocenters. The van der Waals surface area contributed by atoms with E-state index in [-0.39, 0.29) is 0 Å². The minimum Gasteiger partial charge on any atom is -0.455 e. The van der Waals surface area contributed by atoms with Gasteiger partial charge in [0.05, 0.1) is 11.0 Å². The highest BCUT2D eigenvalue weighted by Crippen LogP contribution is 2.42. The number of aromatic nitrogens is 4. The van der Waals surface area contributed by atoms with Crippen molar-refractivity contribution in [1.29, 1.82) is 0 Å². The van der Waals surface area contributed by atoms with Crippen molar-refractivity contribution in [2.45, 2.75) is 0 Å². The van der Waals surface area contributed by atoms with Crippen molar-refractivity contribution in [3.63, 3.8) is 0 Å². The summed E-state index contributed by atoms with van der Waals surface area (Å²) in [5.74, 6) is 1.91. The van der Waals surface area contributed by atoms with Crippen molar-refractivity contribution in [1.82, 2.24) is 19.5 Å². The molecule has 0 fully saturated rings. The summed E-state index contributed by atoms with van der Waals surface area (Å²) in [4.78, 5) is 14.9. The molecule has 5 heteroatoms. The Labute approximate surface area is 275 Å². The van der Waals surface area contributed by atoms with Gasteiger partial charge in [-0.05, 0) is 41.8 Å². The number of hydrogen-bond donors (Lipinski definition) is 0. The quantitative estimate of drug-likeness (QED) is 0.198. The largest absolute Gasteiger partial charge is 0.455 e. The summed E-state index contributed by atoms with van der Waals surface area (Å²) >= 11 is 0. The molecule has 10 aromatic rings. The monoisotopic (exact) mass is 614 g/mol. The third-order valence-corrected chi connectivity index (χ3v) is 9.22. The van der Waals surface area contributed by atoms with E-state index in [0.717, 1.165) is 66.1 Å². The van der Waals surface area contributed by atoms with Gasteiger partial charge in [-0.2, -0.15) is 0 Å². The van der Waals surface area contributed by atoms with Crippen LogP contribution in [0.25, 0.3) is 94.4 Å². The predicted molar refractivity (Wildman–Crippen MR) is 195 cm³/mol. The predicted octanol–water partition coefficient (Wildman–Crippen LogP) is 11.0. The van der Waals surface area contributed by atoms with Crippen molar-refractivity contribution < 1.29 is 4.42 Å². The summed E-state index contributed by atoms with van der Waals surface area (Å²) in [6, 6.07) is 54.4. The molecule has 0 spiro atoms. The third kappa shape index (κ3) is 4.08. The number of benzene rings is 7. The fraction of sp³-hybridized carbons (Fsp3) is 0.